The number of hydrogen-bond donors (Lipinski definition) is 9. The standard InChI is InChI=1S/C48H64N10O9/c1-25-39(42(52)57-43(53-25)29-10-12-31(13-11-29)48(4,5)6)45(63)55-35(15-17-50)47(65)58(7)40-30-21-34(41(61)38(22-30)66-18-8-16-49)33-19-28(9-14-37(33)67-24-32(60)23-51)20-36(27(3)59)56-44(62)26(2)54-46(40)64/h9-14,19,21-22,26,32,35-36,40,60-61H,8,15-18,20,23-24,49-51H2,1-7H3,(H,54,64)(H,55,63)(H,56,62)(H2,52,53,57)/t26-,32+,35-,36?,40?/m0/s1. The van der Waals surface area contributed by atoms with Crippen molar-refractivity contribution in [2.75, 3.05) is 45.6 Å². The molecule has 5 atom stereocenters. The van der Waals surface area contributed by atoms with Crippen molar-refractivity contribution in [1.29, 1.82) is 0 Å². The minimum Gasteiger partial charge on any atom is -0.504 e. The number of ketones is 1. The number of aromatic nitrogens is 2. The van der Waals surface area contributed by atoms with Crippen LogP contribution in [0.15, 0.2) is 54.6 Å². The number of likely N-dealkylation sites (N-methyl/N-ethyl adjacent to an activating group) is 1. The molecule has 2 heterocycles. The highest BCUT2D eigenvalue weighted by Gasteiger charge is 2.37. The summed E-state index contributed by atoms with van der Waals surface area (Å²) in [5, 5.41) is 30.3. The molecular formula is C48H64N10O9. The van der Waals surface area contributed by atoms with E-state index < -0.39 is 53.9 Å². The van der Waals surface area contributed by atoms with Crippen LogP contribution < -0.4 is 48.4 Å². The van der Waals surface area contributed by atoms with Gasteiger partial charge in [0.25, 0.3) is 5.91 Å². The number of nitrogens with one attached hydrogen (secondary N) is 3. The molecule has 360 valence electrons. The van der Waals surface area contributed by atoms with Gasteiger partial charge in [0, 0.05) is 30.3 Å². The Morgan fingerprint density at radius 1 is 0.940 bits per heavy atom. The maximum atomic E-state index is 14.8. The number of nitrogen functional groups attached to an aromatic ring is 1. The number of Topliss-reactive ketones (excluding diaryl/α,β-unsaturated/α-hetero) is 1. The highest BCUT2D eigenvalue weighted by atomic mass is 16.5. The largest absolute Gasteiger partial charge is 0.504 e. The van der Waals surface area contributed by atoms with Crippen LogP contribution in [-0.2, 0) is 31.0 Å². The molecule has 1 aromatic heterocycles. The molecule has 13 N–H and O–H groups in total. The van der Waals surface area contributed by atoms with E-state index in [1.165, 1.54) is 33.0 Å². The molecule has 4 bridgehead atoms. The summed E-state index contributed by atoms with van der Waals surface area (Å²) in [6, 6.07) is 10.3. The van der Waals surface area contributed by atoms with E-state index in [0.717, 1.165) is 10.5 Å². The Labute approximate surface area is 390 Å². The van der Waals surface area contributed by atoms with Crippen LogP contribution in [0.25, 0.3) is 22.5 Å². The van der Waals surface area contributed by atoms with Gasteiger partial charge in [0.1, 0.15) is 48.0 Å². The maximum absolute atomic E-state index is 14.8. The quantitative estimate of drug-likeness (QED) is 0.0725. The zero-order chi connectivity index (χ0) is 49.3. The lowest BCUT2D eigenvalue weighted by Crippen LogP contribution is -2.55. The number of aryl methyl sites for hydroxylation is 1. The molecule has 0 spiro atoms. The Balaban J connectivity index is 1.61. The third-order valence-electron chi connectivity index (χ3n) is 11.5. The Hall–Kier alpha value is -6.67. The fourth-order valence-corrected chi connectivity index (χ4v) is 7.55. The van der Waals surface area contributed by atoms with Crippen LogP contribution >= 0.6 is 0 Å². The molecule has 0 aliphatic carbocycles. The second-order valence-electron chi connectivity index (χ2n) is 17.7. The monoisotopic (exact) mass is 924 g/mol. The van der Waals surface area contributed by atoms with Crippen molar-refractivity contribution in [2.45, 2.75) is 96.5 Å². The second kappa shape index (κ2) is 22.2. The van der Waals surface area contributed by atoms with E-state index >= 15 is 0 Å². The number of nitrogens with two attached hydrogens (primary N) is 4. The van der Waals surface area contributed by atoms with E-state index in [1.54, 1.807) is 25.1 Å². The van der Waals surface area contributed by atoms with Crippen LogP contribution in [0.4, 0.5) is 5.82 Å². The fourth-order valence-electron chi connectivity index (χ4n) is 7.55. The van der Waals surface area contributed by atoms with E-state index in [-0.39, 0.29) is 108 Å². The third-order valence-corrected chi connectivity index (χ3v) is 11.5. The molecule has 19 heteroatoms. The van der Waals surface area contributed by atoms with Crippen molar-refractivity contribution in [3.63, 3.8) is 0 Å². The summed E-state index contributed by atoms with van der Waals surface area (Å²) in [6.45, 7) is 10.6. The molecule has 0 fully saturated rings. The van der Waals surface area contributed by atoms with Gasteiger partial charge >= 0.3 is 0 Å². The Morgan fingerprint density at radius 2 is 1.64 bits per heavy atom. The summed E-state index contributed by atoms with van der Waals surface area (Å²) in [5.41, 5.74) is 26.8. The topological polar surface area (TPSA) is 313 Å². The lowest BCUT2D eigenvalue weighted by atomic mass is 9.86. The normalized spacial score (nSPS) is 17.3. The third kappa shape index (κ3) is 12.4. The number of rotatable bonds is 16. The average Bonchev–Trinajstić information content (AvgIpc) is 3.27. The van der Waals surface area contributed by atoms with Crippen molar-refractivity contribution >= 4 is 35.2 Å². The number of amides is 4. The van der Waals surface area contributed by atoms with Gasteiger partial charge in [0.15, 0.2) is 23.1 Å². The van der Waals surface area contributed by atoms with Crippen molar-refractivity contribution in [3.8, 4) is 39.8 Å². The first kappa shape index (κ1) is 51.3. The van der Waals surface area contributed by atoms with E-state index in [9.17, 15) is 34.2 Å². The average molecular weight is 925 g/mol. The summed E-state index contributed by atoms with van der Waals surface area (Å²) in [6.07, 6.45) is -0.701. The summed E-state index contributed by atoms with van der Waals surface area (Å²) in [4.78, 5) is 80.2. The highest BCUT2D eigenvalue weighted by molar-refractivity contribution is 6.02. The van der Waals surface area contributed by atoms with Gasteiger partial charge in [-0.1, -0.05) is 51.1 Å². The van der Waals surface area contributed by atoms with E-state index in [1.807, 2.05) is 24.3 Å². The van der Waals surface area contributed by atoms with Crippen molar-refractivity contribution in [2.24, 2.45) is 17.2 Å². The highest BCUT2D eigenvalue weighted by Crippen LogP contribution is 2.45. The lowest BCUT2D eigenvalue weighted by Gasteiger charge is -2.33. The fraction of sp³-hybridized carbons (Fsp3) is 0.438. The number of benzene rings is 3. The number of anilines is 1. The van der Waals surface area contributed by atoms with Crippen molar-refractivity contribution < 1.29 is 43.7 Å². The van der Waals surface area contributed by atoms with Gasteiger partial charge in [-0.2, -0.15) is 0 Å². The first-order valence-corrected chi connectivity index (χ1v) is 22.2. The van der Waals surface area contributed by atoms with Crippen LogP contribution in [-0.4, -0.2) is 119 Å². The van der Waals surface area contributed by atoms with Crippen LogP contribution in [0, 0.1) is 6.92 Å². The molecule has 2 unspecified atom stereocenters. The molecule has 0 radical (unpaired) electrons. The number of aromatic hydroxyl groups is 1. The Bertz CT molecular complexity index is 2430. The van der Waals surface area contributed by atoms with Crippen molar-refractivity contribution in [3.05, 3.63) is 82.5 Å². The minimum absolute atomic E-state index is 0.0295. The number of phenolic OH excluding ortho intramolecular Hbond substituents is 1. The number of fused-ring (bicyclic) bond motifs is 5. The number of aliphatic hydroxyl groups is 1. The molecule has 4 amide bonds. The van der Waals surface area contributed by atoms with Gasteiger partial charge in [-0.25, -0.2) is 9.97 Å². The van der Waals surface area contributed by atoms with Crippen LogP contribution in [0.5, 0.6) is 17.2 Å². The maximum Gasteiger partial charge on any atom is 0.257 e. The SMILES string of the molecule is CC(=O)C1Cc2ccc(OC[C@H](O)CN)c(c2)-c2cc(cc(OCCCN)c2O)C(N(C)C(=O)[C@H](CCN)NC(=O)c2c(C)nc(-c3ccc(C(C)(C)C)cc3)nc2N)C(=O)N[C@@H](C)C(=O)N1. The first-order valence-electron chi connectivity index (χ1n) is 22.2. The zero-order valence-electron chi connectivity index (χ0n) is 39.1. The van der Waals surface area contributed by atoms with Crippen LogP contribution in [0.3, 0.4) is 0 Å². The molecule has 4 aromatic rings. The van der Waals surface area contributed by atoms with E-state index in [4.69, 9.17) is 32.4 Å². The van der Waals surface area contributed by atoms with Gasteiger partial charge in [0.2, 0.25) is 17.7 Å². The number of carbonyl (C=O) groups is 5. The van der Waals surface area contributed by atoms with Gasteiger partial charge < -0.3 is 63.5 Å². The predicted molar refractivity (Wildman–Crippen MR) is 253 cm³/mol. The molecule has 0 saturated carbocycles. The van der Waals surface area contributed by atoms with Gasteiger partial charge in [-0.3, -0.25) is 24.0 Å². The summed E-state index contributed by atoms with van der Waals surface area (Å²) in [7, 11) is 1.34. The Kier molecular flexibility index (Phi) is 17.0. The second-order valence-corrected chi connectivity index (χ2v) is 17.7. The summed E-state index contributed by atoms with van der Waals surface area (Å²) < 4.78 is 12.1. The number of nitrogens with zero attached hydrogens (tertiary/aromatic N) is 3. The number of ether oxygens (including phenoxy) is 2. The minimum atomic E-state index is -1.56. The van der Waals surface area contributed by atoms with Crippen LogP contribution in [0.1, 0.15) is 86.2 Å². The Morgan fingerprint density at radius 3 is 2.25 bits per heavy atom. The zero-order valence-corrected chi connectivity index (χ0v) is 39.1. The summed E-state index contributed by atoms with van der Waals surface area (Å²) >= 11 is 0. The molecule has 1 aliphatic rings. The van der Waals surface area contributed by atoms with Gasteiger partial charge in [-0.15, -0.1) is 0 Å². The number of hydrogen-bond acceptors (Lipinski definition) is 15. The summed E-state index contributed by atoms with van der Waals surface area (Å²) in [5.74, 6) is -3.48. The van der Waals surface area contributed by atoms with Crippen LogP contribution in [0.2, 0.25) is 0 Å². The molecule has 3 aromatic carbocycles. The van der Waals surface area contributed by atoms with Gasteiger partial charge in [0.05, 0.1) is 18.3 Å². The number of carbonyl (C=O) groups excluding carboxylic acids is 5. The molecule has 67 heavy (non-hydrogen) atoms. The molecular weight excluding hydrogens is 861 g/mol. The smallest absolute Gasteiger partial charge is 0.257 e. The predicted octanol–water partition coefficient (Wildman–Crippen LogP) is 1.91. The number of phenols is 1. The molecule has 5 rings (SSSR count). The van der Waals surface area contributed by atoms with E-state index in [2.05, 4.69) is 46.7 Å². The van der Waals surface area contributed by atoms with Gasteiger partial charge in [-0.05, 0) is 99.5 Å². The molecule has 19 nitrogen and oxygen atoms in total. The van der Waals surface area contributed by atoms with E-state index in [0.29, 0.717) is 23.4 Å². The van der Waals surface area contributed by atoms with Crippen molar-refractivity contribution in [1.82, 2.24) is 30.8 Å². The molecule has 1 aliphatic heterocycles. The molecule has 0 saturated heterocycles. The number of aliphatic hydroxyl groups excluding tert-OH is 1. The lowest BCUT2D eigenvalue weighted by molar-refractivity contribution is -0.141. The first-order chi connectivity index (χ1) is 31.7.